The zero-order valence-electron chi connectivity index (χ0n) is 17.9. The molecular formula is C21H18F4N6O3S. The van der Waals surface area contributed by atoms with Crippen LogP contribution in [0.5, 0.6) is 5.75 Å². The highest BCUT2D eigenvalue weighted by atomic mass is 32.2. The Balaban J connectivity index is 1.60. The van der Waals surface area contributed by atoms with Crippen molar-refractivity contribution in [1.82, 2.24) is 24.7 Å². The van der Waals surface area contributed by atoms with Crippen LogP contribution in [0.25, 0.3) is 22.6 Å². The standard InChI is InChI=1S/C21H18F4N6O3S/c22-15-7-2-1-5-13(15)12-31-20-14(6-3-9-27-20)17(30-31)19-28-11-16(18(26)29-19)34-35(32,33)10-4-8-21(23,24)25/h1-3,5-7,9,11H,4,8,10,12H2,(H2,26,28,29). The predicted octanol–water partition coefficient (Wildman–Crippen LogP) is 3.71. The number of anilines is 1. The lowest BCUT2D eigenvalue weighted by molar-refractivity contribution is -0.134. The van der Waals surface area contributed by atoms with E-state index in [1.165, 1.54) is 10.7 Å². The number of pyridine rings is 1. The molecule has 0 saturated heterocycles. The molecule has 0 aliphatic carbocycles. The van der Waals surface area contributed by atoms with Crippen LogP contribution in [0.2, 0.25) is 0 Å². The summed E-state index contributed by atoms with van der Waals surface area (Å²) in [5.41, 5.74) is 6.91. The summed E-state index contributed by atoms with van der Waals surface area (Å²) < 4.78 is 81.3. The van der Waals surface area contributed by atoms with E-state index in [2.05, 4.69) is 20.1 Å². The molecule has 0 saturated carbocycles. The van der Waals surface area contributed by atoms with Crippen LogP contribution in [0.3, 0.4) is 0 Å². The van der Waals surface area contributed by atoms with Gasteiger partial charge in [0.05, 0.1) is 23.9 Å². The van der Waals surface area contributed by atoms with E-state index in [4.69, 9.17) is 9.92 Å². The van der Waals surface area contributed by atoms with Crippen molar-refractivity contribution < 1.29 is 30.2 Å². The first-order valence-corrected chi connectivity index (χ1v) is 11.8. The maximum atomic E-state index is 14.2. The number of benzene rings is 1. The molecule has 0 radical (unpaired) electrons. The Bertz CT molecular complexity index is 1470. The van der Waals surface area contributed by atoms with Crippen molar-refractivity contribution in [1.29, 1.82) is 0 Å². The van der Waals surface area contributed by atoms with E-state index >= 15 is 0 Å². The number of hydrogen-bond acceptors (Lipinski definition) is 8. The lowest BCUT2D eigenvalue weighted by Gasteiger charge is -2.10. The quantitative estimate of drug-likeness (QED) is 0.281. The summed E-state index contributed by atoms with van der Waals surface area (Å²) in [6.07, 6.45) is -3.87. The van der Waals surface area contributed by atoms with Gasteiger partial charge in [-0.15, -0.1) is 0 Å². The molecule has 0 fully saturated rings. The van der Waals surface area contributed by atoms with Gasteiger partial charge in [0.2, 0.25) is 5.75 Å². The molecule has 4 rings (SSSR count). The normalized spacial score (nSPS) is 12.2. The van der Waals surface area contributed by atoms with E-state index in [1.807, 2.05) is 0 Å². The third-order valence-corrected chi connectivity index (χ3v) is 6.07. The van der Waals surface area contributed by atoms with Crippen molar-refractivity contribution in [2.24, 2.45) is 0 Å². The molecule has 1 aromatic carbocycles. The largest absolute Gasteiger partial charge is 0.389 e. The number of hydrogen-bond donors (Lipinski definition) is 1. The van der Waals surface area contributed by atoms with Gasteiger partial charge in [-0.3, -0.25) is 0 Å². The Kier molecular flexibility index (Phi) is 6.56. The summed E-state index contributed by atoms with van der Waals surface area (Å²) in [6.45, 7) is 0.0764. The summed E-state index contributed by atoms with van der Waals surface area (Å²) >= 11 is 0. The molecule has 0 aliphatic heterocycles. The van der Waals surface area contributed by atoms with Crippen LogP contribution >= 0.6 is 0 Å². The Hall–Kier alpha value is -3.81. The Morgan fingerprint density at radius 2 is 1.86 bits per heavy atom. The monoisotopic (exact) mass is 510 g/mol. The lowest BCUT2D eigenvalue weighted by Crippen LogP contribution is -2.17. The number of nitrogen functional groups attached to an aromatic ring is 1. The van der Waals surface area contributed by atoms with E-state index in [1.54, 1.807) is 36.5 Å². The molecule has 0 aliphatic rings. The highest BCUT2D eigenvalue weighted by molar-refractivity contribution is 7.87. The summed E-state index contributed by atoms with van der Waals surface area (Å²) in [5, 5.41) is 4.98. The molecular weight excluding hydrogens is 492 g/mol. The molecule has 0 amide bonds. The van der Waals surface area contributed by atoms with Crippen molar-refractivity contribution in [3.63, 3.8) is 0 Å². The second kappa shape index (κ2) is 9.44. The average Bonchev–Trinajstić information content (AvgIpc) is 3.14. The van der Waals surface area contributed by atoms with Gasteiger partial charge in [-0.25, -0.2) is 24.0 Å². The third kappa shape index (κ3) is 5.82. The molecule has 4 aromatic rings. The van der Waals surface area contributed by atoms with Crippen molar-refractivity contribution >= 4 is 27.0 Å². The lowest BCUT2D eigenvalue weighted by atomic mass is 10.2. The second-order valence-corrected chi connectivity index (χ2v) is 9.17. The van der Waals surface area contributed by atoms with Crippen LogP contribution in [0.4, 0.5) is 23.4 Å². The topological polar surface area (TPSA) is 126 Å². The molecule has 0 spiro atoms. The van der Waals surface area contributed by atoms with E-state index in [9.17, 15) is 26.0 Å². The van der Waals surface area contributed by atoms with Crippen LogP contribution in [0.1, 0.15) is 18.4 Å². The minimum Gasteiger partial charge on any atom is -0.380 e. The van der Waals surface area contributed by atoms with Crippen molar-refractivity contribution in [3.05, 3.63) is 60.2 Å². The highest BCUT2D eigenvalue weighted by Crippen LogP contribution is 2.29. The molecule has 3 aromatic heterocycles. The van der Waals surface area contributed by atoms with Gasteiger partial charge in [0.25, 0.3) is 0 Å². The number of nitrogens with two attached hydrogens (primary N) is 1. The maximum absolute atomic E-state index is 14.2. The van der Waals surface area contributed by atoms with Gasteiger partial charge in [0.15, 0.2) is 17.3 Å². The summed E-state index contributed by atoms with van der Waals surface area (Å²) in [6, 6.07) is 9.57. The number of nitrogens with zero attached hydrogens (tertiary/aromatic N) is 5. The summed E-state index contributed by atoms with van der Waals surface area (Å²) in [4.78, 5) is 12.4. The molecule has 35 heavy (non-hydrogen) atoms. The fraction of sp³-hybridized carbons (Fsp3) is 0.238. The van der Waals surface area contributed by atoms with Gasteiger partial charge in [-0.05, 0) is 24.6 Å². The summed E-state index contributed by atoms with van der Waals surface area (Å²) in [5.74, 6) is -2.02. The minimum absolute atomic E-state index is 0.0228. The number of aromatic nitrogens is 5. The Morgan fingerprint density at radius 3 is 2.57 bits per heavy atom. The molecule has 14 heteroatoms. The third-order valence-electron chi connectivity index (χ3n) is 4.85. The zero-order valence-corrected chi connectivity index (χ0v) is 18.7. The van der Waals surface area contributed by atoms with Gasteiger partial charge < -0.3 is 9.92 Å². The first-order chi connectivity index (χ1) is 16.5. The number of fused-ring (bicyclic) bond motifs is 1. The molecule has 9 nitrogen and oxygen atoms in total. The number of halogens is 4. The van der Waals surface area contributed by atoms with E-state index in [0.717, 1.165) is 6.20 Å². The SMILES string of the molecule is Nc1nc(-c2nn(Cc3ccccc3F)c3ncccc23)ncc1OS(=O)(=O)CCCC(F)(F)F. The first kappa shape index (κ1) is 24.3. The van der Waals surface area contributed by atoms with Crippen LogP contribution in [0.15, 0.2) is 48.8 Å². The van der Waals surface area contributed by atoms with E-state index in [0.29, 0.717) is 16.6 Å². The van der Waals surface area contributed by atoms with Crippen LogP contribution in [-0.2, 0) is 16.7 Å². The van der Waals surface area contributed by atoms with Crippen LogP contribution in [0, 0.1) is 5.82 Å². The van der Waals surface area contributed by atoms with Gasteiger partial charge in [-0.1, -0.05) is 18.2 Å². The fourth-order valence-electron chi connectivity index (χ4n) is 3.26. The van der Waals surface area contributed by atoms with E-state index in [-0.39, 0.29) is 23.9 Å². The zero-order chi connectivity index (χ0) is 25.2. The van der Waals surface area contributed by atoms with Crippen molar-refractivity contribution in [2.75, 3.05) is 11.5 Å². The molecule has 0 atom stereocenters. The molecule has 2 N–H and O–H groups in total. The van der Waals surface area contributed by atoms with Crippen molar-refractivity contribution in [2.45, 2.75) is 25.6 Å². The fourth-order valence-corrected chi connectivity index (χ4v) is 4.25. The Morgan fingerprint density at radius 1 is 1.09 bits per heavy atom. The van der Waals surface area contributed by atoms with Crippen molar-refractivity contribution in [3.8, 4) is 17.3 Å². The number of alkyl halides is 3. The van der Waals surface area contributed by atoms with Gasteiger partial charge in [0, 0.05) is 18.2 Å². The molecule has 0 bridgehead atoms. The van der Waals surface area contributed by atoms with Gasteiger partial charge in [0.1, 0.15) is 11.5 Å². The average molecular weight is 510 g/mol. The van der Waals surface area contributed by atoms with Gasteiger partial charge >= 0.3 is 16.3 Å². The second-order valence-electron chi connectivity index (χ2n) is 7.48. The maximum Gasteiger partial charge on any atom is 0.389 e. The molecule has 184 valence electrons. The summed E-state index contributed by atoms with van der Waals surface area (Å²) in [7, 11) is -4.35. The number of rotatable bonds is 8. The van der Waals surface area contributed by atoms with E-state index < -0.39 is 46.5 Å². The Labute approximate surface area is 196 Å². The minimum atomic E-state index is -4.48. The smallest absolute Gasteiger partial charge is 0.380 e. The first-order valence-electron chi connectivity index (χ1n) is 10.2. The van der Waals surface area contributed by atoms with Gasteiger partial charge in [-0.2, -0.15) is 26.7 Å². The van der Waals surface area contributed by atoms with Crippen LogP contribution in [-0.4, -0.2) is 45.1 Å². The molecule has 0 unspecified atom stereocenters. The highest BCUT2D eigenvalue weighted by Gasteiger charge is 2.28. The molecule has 3 heterocycles. The van der Waals surface area contributed by atoms with Crippen LogP contribution < -0.4 is 9.92 Å². The predicted molar refractivity (Wildman–Crippen MR) is 118 cm³/mol.